The second-order valence-corrected chi connectivity index (χ2v) is 7.47. The van der Waals surface area contributed by atoms with E-state index in [1.807, 2.05) is 6.20 Å². The number of fused-ring (bicyclic) bond motifs is 1. The molecule has 7 heteroatoms. The molecule has 3 heterocycles. The number of hydrogen-bond donors (Lipinski definition) is 1. The summed E-state index contributed by atoms with van der Waals surface area (Å²) in [5, 5.41) is 13.5. The van der Waals surface area contributed by atoms with E-state index in [4.69, 9.17) is 5.26 Å². The number of benzene rings is 1. The Bertz CT molecular complexity index is 827. The van der Waals surface area contributed by atoms with Gasteiger partial charge in [-0.15, -0.1) is 0 Å². The Morgan fingerprint density at radius 3 is 2.96 bits per heavy atom. The molecule has 0 spiro atoms. The van der Waals surface area contributed by atoms with Gasteiger partial charge in [-0.05, 0) is 24.0 Å². The van der Waals surface area contributed by atoms with E-state index in [1.54, 1.807) is 4.90 Å². The first-order valence-electron chi connectivity index (χ1n) is 8.46. The van der Waals surface area contributed by atoms with Gasteiger partial charge in [0.15, 0.2) is 11.3 Å². The number of nitriles is 1. The van der Waals surface area contributed by atoms with Crippen molar-refractivity contribution in [3.05, 3.63) is 41.6 Å². The summed E-state index contributed by atoms with van der Waals surface area (Å²) in [6.07, 6.45) is 5.69. The van der Waals surface area contributed by atoms with Gasteiger partial charge in [-0.25, -0.2) is 4.98 Å². The highest BCUT2D eigenvalue weighted by Crippen LogP contribution is 2.31. The fraction of sp³-hybridized carbons (Fsp3) is 0.389. The number of nitrogens with zero attached hydrogens (tertiary/aromatic N) is 4. The first kappa shape index (κ1) is 15.9. The largest absolute Gasteiger partial charge is 0.357 e. The van der Waals surface area contributed by atoms with Crippen LogP contribution in [0.2, 0.25) is 0 Å². The predicted octanol–water partition coefficient (Wildman–Crippen LogP) is 2.45. The van der Waals surface area contributed by atoms with E-state index in [0.717, 1.165) is 30.9 Å². The normalized spacial score (nSPS) is 19.4. The third-order valence-corrected chi connectivity index (χ3v) is 5.84. The highest BCUT2D eigenvalue weighted by atomic mass is 32.1. The molecule has 2 aliphatic rings. The quantitative estimate of drug-likeness (QED) is 0.858. The number of thiazole rings is 1. The molecule has 0 saturated carbocycles. The first-order valence-corrected chi connectivity index (χ1v) is 9.27. The van der Waals surface area contributed by atoms with Crippen LogP contribution < -0.4 is 10.2 Å². The number of likely N-dealkylation sites (tertiary alicyclic amines) is 1. The smallest absolute Gasteiger partial charge is 0.231 e. The third-order valence-electron chi connectivity index (χ3n) is 4.87. The summed E-state index contributed by atoms with van der Waals surface area (Å²) >= 11 is 1.51. The average molecular weight is 353 g/mol. The molecule has 1 saturated heterocycles. The van der Waals surface area contributed by atoms with E-state index < -0.39 is 0 Å². The van der Waals surface area contributed by atoms with Crippen molar-refractivity contribution in [2.45, 2.75) is 19.4 Å². The van der Waals surface area contributed by atoms with Gasteiger partial charge in [-0.3, -0.25) is 4.79 Å². The van der Waals surface area contributed by atoms with Crippen molar-refractivity contribution in [2.24, 2.45) is 5.92 Å². The van der Waals surface area contributed by atoms with Gasteiger partial charge < -0.3 is 15.1 Å². The molecule has 1 unspecified atom stereocenters. The Labute approximate surface area is 150 Å². The average Bonchev–Trinajstić information content (AvgIpc) is 3.30. The van der Waals surface area contributed by atoms with Gasteiger partial charge >= 0.3 is 0 Å². The van der Waals surface area contributed by atoms with Gasteiger partial charge in [-0.2, -0.15) is 5.26 Å². The zero-order valence-corrected chi connectivity index (χ0v) is 14.6. The highest BCUT2D eigenvalue weighted by Gasteiger charge is 2.28. The Hall–Kier alpha value is -2.59. The molecular formula is C18H19N5OS. The van der Waals surface area contributed by atoms with Crippen LogP contribution in [0.3, 0.4) is 0 Å². The lowest BCUT2D eigenvalue weighted by molar-refractivity contribution is -0.119. The summed E-state index contributed by atoms with van der Waals surface area (Å²) in [6, 6.07) is 8.53. The maximum atomic E-state index is 12.3. The maximum absolute atomic E-state index is 12.3. The number of aromatic nitrogens is 1. The minimum Gasteiger partial charge on any atom is -0.357 e. The van der Waals surface area contributed by atoms with Crippen molar-refractivity contribution in [3.8, 4) is 6.19 Å². The lowest BCUT2D eigenvalue weighted by Gasteiger charge is -2.28. The molecule has 1 aromatic heterocycles. The van der Waals surface area contributed by atoms with Gasteiger partial charge in [-0.1, -0.05) is 35.6 Å². The van der Waals surface area contributed by atoms with Crippen LogP contribution in [0.1, 0.15) is 17.5 Å². The summed E-state index contributed by atoms with van der Waals surface area (Å²) in [4.78, 5) is 20.6. The Morgan fingerprint density at radius 1 is 1.32 bits per heavy atom. The fourth-order valence-corrected chi connectivity index (χ4v) is 4.27. The number of carbonyl (C=O) groups excluding carboxylic acids is 1. The standard InChI is InChI=1S/C18H19N5OS/c19-12-22-7-5-15(10-22)17(24)21-18-20-9-16(25-18)23-8-6-13-3-1-2-4-14(13)11-23/h1-4,9,15H,5-8,10-11H2,(H,20,21,24). The second kappa shape index (κ2) is 6.73. The van der Waals surface area contributed by atoms with Gasteiger partial charge in [0.1, 0.15) is 5.00 Å². The topological polar surface area (TPSA) is 72.3 Å². The van der Waals surface area contributed by atoms with Crippen LogP contribution in [0.25, 0.3) is 0 Å². The zero-order valence-electron chi connectivity index (χ0n) is 13.8. The fourth-order valence-electron chi connectivity index (χ4n) is 3.43. The molecule has 1 atom stereocenters. The molecule has 1 fully saturated rings. The molecule has 25 heavy (non-hydrogen) atoms. The molecule has 4 rings (SSSR count). The van der Waals surface area contributed by atoms with Gasteiger partial charge in [0.25, 0.3) is 0 Å². The Balaban J connectivity index is 1.40. The van der Waals surface area contributed by atoms with Crippen molar-refractivity contribution in [1.82, 2.24) is 9.88 Å². The minimum atomic E-state index is -0.131. The predicted molar refractivity (Wildman–Crippen MR) is 97.2 cm³/mol. The molecular weight excluding hydrogens is 334 g/mol. The van der Waals surface area contributed by atoms with Gasteiger partial charge in [0.2, 0.25) is 5.91 Å². The van der Waals surface area contributed by atoms with Crippen LogP contribution in [0.5, 0.6) is 0 Å². The maximum Gasteiger partial charge on any atom is 0.231 e. The monoisotopic (exact) mass is 353 g/mol. The van der Waals surface area contributed by atoms with Crippen LogP contribution >= 0.6 is 11.3 Å². The van der Waals surface area contributed by atoms with Crippen LogP contribution in [-0.4, -0.2) is 35.4 Å². The molecule has 0 aliphatic carbocycles. The van der Waals surface area contributed by atoms with Crippen LogP contribution in [-0.2, 0) is 17.8 Å². The van der Waals surface area contributed by atoms with E-state index in [2.05, 4.69) is 45.7 Å². The highest BCUT2D eigenvalue weighted by molar-refractivity contribution is 7.19. The van der Waals surface area contributed by atoms with Crippen molar-refractivity contribution in [2.75, 3.05) is 29.9 Å². The molecule has 128 valence electrons. The van der Waals surface area contributed by atoms with Crippen molar-refractivity contribution < 1.29 is 4.79 Å². The number of anilines is 2. The molecule has 2 aliphatic heterocycles. The van der Waals surface area contributed by atoms with Gasteiger partial charge in [0.05, 0.1) is 12.1 Å². The summed E-state index contributed by atoms with van der Waals surface area (Å²) in [6.45, 7) is 3.01. The van der Waals surface area contributed by atoms with Crippen LogP contribution in [0.4, 0.5) is 10.1 Å². The van der Waals surface area contributed by atoms with Crippen LogP contribution in [0.15, 0.2) is 30.5 Å². The molecule has 1 aromatic carbocycles. The lowest BCUT2D eigenvalue weighted by atomic mass is 10.0. The number of rotatable bonds is 3. The molecule has 1 N–H and O–H groups in total. The molecule has 0 bridgehead atoms. The Kier molecular flexibility index (Phi) is 4.28. The molecule has 0 radical (unpaired) electrons. The number of hydrogen-bond acceptors (Lipinski definition) is 6. The van der Waals surface area contributed by atoms with E-state index in [-0.39, 0.29) is 11.8 Å². The first-order chi connectivity index (χ1) is 12.2. The molecule has 1 amide bonds. The second-order valence-electron chi connectivity index (χ2n) is 6.46. The van der Waals surface area contributed by atoms with Crippen molar-refractivity contribution in [3.63, 3.8) is 0 Å². The van der Waals surface area contributed by atoms with E-state index in [9.17, 15) is 4.79 Å². The number of nitrogens with one attached hydrogen (secondary N) is 1. The van der Waals surface area contributed by atoms with Crippen molar-refractivity contribution >= 4 is 27.4 Å². The van der Waals surface area contributed by atoms with Crippen LogP contribution in [0, 0.1) is 17.4 Å². The van der Waals surface area contributed by atoms with Crippen molar-refractivity contribution in [1.29, 1.82) is 5.26 Å². The zero-order chi connectivity index (χ0) is 17.2. The minimum absolute atomic E-state index is 0.0392. The van der Waals surface area contributed by atoms with E-state index in [0.29, 0.717) is 18.2 Å². The summed E-state index contributed by atoms with van der Waals surface area (Å²) in [5.74, 6) is -0.170. The SMILES string of the molecule is N#CN1CCC(C(=O)Nc2ncc(N3CCc4ccccc4C3)s2)C1. The lowest BCUT2D eigenvalue weighted by Crippen LogP contribution is -2.29. The summed E-state index contributed by atoms with van der Waals surface area (Å²) < 4.78 is 0. The number of carbonyl (C=O) groups is 1. The molecule has 6 nitrogen and oxygen atoms in total. The van der Waals surface area contributed by atoms with Gasteiger partial charge in [0, 0.05) is 26.2 Å². The Morgan fingerprint density at radius 2 is 2.16 bits per heavy atom. The summed E-state index contributed by atoms with van der Waals surface area (Å²) in [5.41, 5.74) is 2.77. The van der Waals surface area contributed by atoms with E-state index >= 15 is 0 Å². The third kappa shape index (κ3) is 3.30. The van der Waals surface area contributed by atoms with E-state index in [1.165, 1.54) is 22.5 Å². The molecule has 2 aromatic rings. The number of amides is 1. The summed E-state index contributed by atoms with van der Waals surface area (Å²) in [7, 11) is 0.